The highest BCUT2D eigenvalue weighted by atomic mass is 16.5. The molecule has 0 spiro atoms. The Morgan fingerprint density at radius 2 is 2.29 bits per heavy atom. The minimum Gasteiger partial charge on any atom is -0.383 e. The third kappa shape index (κ3) is 2.18. The number of nitrogens with two attached hydrogens (primary N) is 2. The predicted molar refractivity (Wildman–Crippen MR) is 54.4 cm³/mol. The zero-order chi connectivity index (χ0) is 10.6. The highest BCUT2D eigenvalue weighted by Crippen LogP contribution is 2.17. The smallest absolute Gasteiger partial charge is 0.159 e. The van der Waals surface area contributed by atoms with E-state index in [-0.39, 0.29) is 6.10 Å². The maximum absolute atomic E-state index is 5.69. The van der Waals surface area contributed by atoms with Crippen LogP contribution in [-0.4, -0.2) is 17.1 Å². The fraction of sp³-hybridized carbons (Fsp3) is 0.556. The van der Waals surface area contributed by atoms with E-state index in [2.05, 4.69) is 9.97 Å². The normalized spacial score (nSPS) is 12.8. The van der Waals surface area contributed by atoms with Crippen LogP contribution in [0.15, 0.2) is 6.20 Å². The highest BCUT2D eigenvalue weighted by Gasteiger charge is 2.12. The van der Waals surface area contributed by atoms with Crippen LogP contribution in [0.25, 0.3) is 0 Å². The summed E-state index contributed by atoms with van der Waals surface area (Å²) in [7, 11) is 1.63. The lowest BCUT2D eigenvalue weighted by Gasteiger charge is -2.12. The summed E-state index contributed by atoms with van der Waals surface area (Å²) in [4.78, 5) is 8.30. The number of hydrogen-bond acceptors (Lipinski definition) is 5. The summed E-state index contributed by atoms with van der Waals surface area (Å²) in [6, 6.07) is 0. The molecule has 0 radical (unpaired) electrons. The van der Waals surface area contributed by atoms with Gasteiger partial charge in [-0.25, -0.2) is 9.97 Å². The maximum Gasteiger partial charge on any atom is 0.159 e. The molecule has 0 aliphatic carbocycles. The molecule has 0 aromatic carbocycles. The second-order valence-electron chi connectivity index (χ2n) is 2.98. The molecule has 0 fully saturated rings. The van der Waals surface area contributed by atoms with Gasteiger partial charge in [0.05, 0.1) is 0 Å². The van der Waals surface area contributed by atoms with Crippen molar-refractivity contribution in [2.45, 2.75) is 26.0 Å². The first kappa shape index (κ1) is 10.9. The summed E-state index contributed by atoms with van der Waals surface area (Å²) < 4.78 is 5.20. The van der Waals surface area contributed by atoms with Gasteiger partial charge in [0.1, 0.15) is 11.9 Å². The van der Waals surface area contributed by atoms with Crippen LogP contribution in [0, 0.1) is 0 Å². The average Bonchev–Trinajstić information content (AvgIpc) is 2.20. The van der Waals surface area contributed by atoms with Gasteiger partial charge in [-0.2, -0.15) is 0 Å². The second kappa shape index (κ2) is 4.88. The molecule has 1 unspecified atom stereocenters. The van der Waals surface area contributed by atoms with Crippen molar-refractivity contribution in [2.24, 2.45) is 5.73 Å². The molecule has 1 heterocycles. The van der Waals surface area contributed by atoms with Gasteiger partial charge in [-0.15, -0.1) is 0 Å². The molecular formula is C9H16N4O. The Balaban J connectivity index is 2.95. The summed E-state index contributed by atoms with van der Waals surface area (Å²) in [5.74, 6) is 1.05. The second-order valence-corrected chi connectivity index (χ2v) is 2.98. The van der Waals surface area contributed by atoms with Crippen LogP contribution in [0.3, 0.4) is 0 Å². The number of rotatable bonds is 4. The summed E-state index contributed by atoms with van der Waals surface area (Å²) in [6.07, 6.45) is 2.38. The molecule has 0 bridgehead atoms. The molecule has 14 heavy (non-hydrogen) atoms. The van der Waals surface area contributed by atoms with Gasteiger partial charge in [-0.05, 0) is 6.42 Å². The molecule has 4 N–H and O–H groups in total. The van der Waals surface area contributed by atoms with Crippen LogP contribution in [0.4, 0.5) is 5.82 Å². The fourth-order valence-electron chi connectivity index (χ4n) is 1.20. The summed E-state index contributed by atoms with van der Waals surface area (Å²) in [6.45, 7) is 2.36. The van der Waals surface area contributed by atoms with Crippen molar-refractivity contribution in [1.82, 2.24) is 9.97 Å². The van der Waals surface area contributed by atoms with Crippen molar-refractivity contribution in [3.05, 3.63) is 17.6 Å². The molecule has 0 aliphatic heterocycles. The Labute approximate surface area is 83.5 Å². The summed E-state index contributed by atoms with van der Waals surface area (Å²) in [5.41, 5.74) is 11.9. The van der Waals surface area contributed by atoms with Crippen LogP contribution in [0.2, 0.25) is 0 Å². The lowest BCUT2D eigenvalue weighted by molar-refractivity contribution is 0.0926. The quantitative estimate of drug-likeness (QED) is 0.737. The maximum atomic E-state index is 5.69. The number of nitrogen functional groups attached to an aromatic ring is 1. The molecule has 1 aromatic rings. The molecule has 0 saturated carbocycles. The monoisotopic (exact) mass is 196 g/mol. The van der Waals surface area contributed by atoms with Crippen LogP contribution < -0.4 is 11.5 Å². The van der Waals surface area contributed by atoms with E-state index in [4.69, 9.17) is 16.2 Å². The molecule has 0 aliphatic rings. The largest absolute Gasteiger partial charge is 0.383 e. The van der Waals surface area contributed by atoms with Gasteiger partial charge in [-0.3, -0.25) is 0 Å². The SMILES string of the molecule is CCC(OC)c1ncc(CN)c(N)n1. The minimum atomic E-state index is -0.0934. The third-order valence-electron chi connectivity index (χ3n) is 2.08. The molecular weight excluding hydrogens is 180 g/mol. The van der Waals surface area contributed by atoms with Crippen molar-refractivity contribution >= 4 is 5.82 Å². The van der Waals surface area contributed by atoms with Gasteiger partial charge in [-0.1, -0.05) is 6.92 Å². The van der Waals surface area contributed by atoms with Gasteiger partial charge >= 0.3 is 0 Å². The fourth-order valence-corrected chi connectivity index (χ4v) is 1.20. The van der Waals surface area contributed by atoms with Gasteiger partial charge in [0.25, 0.3) is 0 Å². The number of methoxy groups -OCH3 is 1. The number of hydrogen-bond donors (Lipinski definition) is 2. The topological polar surface area (TPSA) is 87.0 Å². The van der Waals surface area contributed by atoms with Gasteiger partial charge < -0.3 is 16.2 Å². The van der Waals surface area contributed by atoms with Crippen molar-refractivity contribution in [2.75, 3.05) is 12.8 Å². The zero-order valence-electron chi connectivity index (χ0n) is 8.53. The number of aromatic nitrogens is 2. The molecule has 78 valence electrons. The van der Waals surface area contributed by atoms with Crippen LogP contribution in [0.1, 0.15) is 30.8 Å². The summed E-state index contributed by atoms with van der Waals surface area (Å²) >= 11 is 0. The first-order valence-electron chi connectivity index (χ1n) is 4.57. The van der Waals surface area contributed by atoms with Gasteiger partial charge in [0, 0.05) is 25.4 Å². The minimum absolute atomic E-state index is 0.0934. The average molecular weight is 196 g/mol. The lowest BCUT2D eigenvalue weighted by Crippen LogP contribution is -2.11. The highest BCUT2D eigenvalue weighted by molar-refractivity contribution is 5.37. The Kier molecular flexibility index (Phi) is 3.79. The Morgan fingerprint density at radius 3 is 2.71 bits per heavy atom. The standard InChI is InChI=1S/C9H16N4O/c1-3-7(14-2)9-12-5-6(4-10)8(11)13-9/h5,7H,3-4,10H2,1-2H3,(H2,11,12,13). The number of ether oxygens (including phenoxy) is 1. The van der Waals surface area contributed by atoms with Crippen LogP contribution >= 0.6 is 0 Å². The molecule has 5 nitrogen and oxygen atoms in total. The Morgan fingerprint density at radius 1 is 1.57 bits per heavy atom. The Bertz CT molecular complexity index is 299. The molecule has 0 saturated heterocycles. The molecule has 1 rings (SSSR count). The lowest BCUT2D eigenvalue weighted by atomic mass is 10.2. The van der Waals surface area contributed by atoms with E-state index in [1.165, 1.54) is 0 Å². The zero-order valence-corrected chi connectivity index (χ0v) is 8.53. The van der Waals surface area contributed by atoms with Gasteiger partial charge in [0.15, 0.2) is 5.82 Å². The number of nitrogens with zero attached hydrogens (tertiary/aromatic N) is 2. The van der Waals surface area contributed by atoms with E-state index in [9.17, 15) is 0 Å². The third-order valence-corrected chi connectivity index (χ3v) is 2.08. The van der Waals surface area contributed by atoms with Crippen molar-refractivity contribution in [3.8, 4) is 0 Å². The first-order valence-corrected chi connectivity index (χ1v) is 4.57. The summed E-state index contributed by atoms with van der Waals surface area (Å²) in [5, 5.41) is 0. The molecule has 0 amide bonds. The molecule has 1 aromatic heterocycles. The Hall–Kier alpha value is -1.20. The van der Waals surface area contributed by atoms with E-state index >= 15 is 0 Å². The van der Waals surface area contributed by atoms with Crippen LogP contribution in [-0.2, 0) is 11.3 Å². The predicted octanol–water partition coefficient (Wildman–Crippen LogP) is 0.615. The van der Waals surface area contributed by atoms with Crippen molar-refractivity contribution < 1.29 is 4.74 Å². The van der Waals surface area contributed by atoms with Crippen molar-refractivity contribution in [1.29, 1.82) is 0 Å². The van der Waals surface area contributed by atoms with E-state index in [0.29, 0.717) is 18.2 Å². The van der Waals surface area contributed by atoms with Crippen molar-refractivity contribution in [3.63, 3.8) is 0 Å². The van der Waals surface area contributed by atoms with E-state index < -0.39 is 0 Å². The molecule has 1 atom stereocenters. The molecule has 5 heteroatoms. The van der Waals surface area contributed by atoms with Crippen LogP contribution in [0.5, 0.6) is 0 Å². The number of anilines is 1. The van der Waals surface area contributed by atoms with E-state index in [1.54, 1.807) is 13.3 Å². The van der Waals surface area contributed by atoms with Gasteiger partial charge in [0.2, 0.25) is 0 Å². The van der Waals surface area contributed by atoms with E-state index in [1.807, 2.05) is 6.92 Å². The van der Waals surface area contributed by atoms with E-state index in [0.717, 1.165) is 12.0 Å². The first-order chi connectivity index (χ1) is 6.72.